The van der Waals surface area contributed by atoms with Crippen molar-refractivity contribution in [2.75, 3.05) is 26.3 Å². The molecule has 2 fully saturated rings. The number of pyridine rings is 1. The molecule has 2 aromatic rings. The van der Waals surface area contributed by atoms with Crippen molar-refractivity contribution in [2.24, 2.45) is 0 Å². The van der Waals surface area contributed by atoms with Gasteiger partial charge in [0.15, 0.2) is 0 Å². The van der Waals surface area contributed by atoms with E-state index in [4.69, 9.17) is 4.74 Å². The highest BCUT2D eigenvalue weighted by Gasteiger charge is 2.48. The van der Waals surface area contributed by atoms with Crippen LogP contribution in [0.4, 0.5) is 0 Å². The third kappa shape index (κ3) is 2.71. The van der Waals surface area contributed by atoms with Crippen LogP contribution in [0, 0.1) is 6.92 Å². The van der Waals surface area contributed by atoms with Crippen molar-refractivity contribution in [3.05, 3.63) is 35.7 Å². The van der Waals surface area contributed by atoms with E-state index in [1.807, 2.05) is 35.7 Å². The van der Waals surface area contributed by atoms with Crippen molar-refractivity contribution in [2.45, 2.75) is 45.4 Å². The lowest BCUT2D eigenvalue weighted by Crippen LogP contribution is -2.54. The molecule has 0 aromatic carbocycles. The zero-order valence-corrected chi connectivity index (χ0v) is 14.9. The molecular weight excluding hydrogens is 302 g/mol. The average Bonchev–Trinajstić information content (AvgIpc) is 2.97. The van der Waals surface area contributed by atoms with Crippen molar-refractivity contribution >= 4 is 11.4 Å². The number of carbonyl (C=O) groups is 1. The summed E-state index contributed by atoms with van der Waals surface area (Å²) in [6.45, 7) is 8.78. The molecule has 5 nitrogen and oxygen atoms in total. The molecule has 0 N–H and O–H groups in total. The van der Waals surface area contributed by atoms with Crippen LogP contribution in [0.3, 0.4) is 0 Å². The molecule has 0 unspecified atom stereocenters. The smallest absolute Gasteiger partial charge is 0.233 e. The largest absolute Gasteiger partial charge is 0.378 e. The summed E-state index contributed by atoms with van der Waals surface area (Å²) in [6.07, 6.45) is 6.91. The molecule has 1 saturated heterocycles. The van der Waals surface area contributed by atoms with Crippen LogP contribution in [0.5, 0.6) is 0 Å². The number of morpholine rings is 1. The molecule has 1 aliphatic heterocycles. The first kappa shape index (κ1) is 17.0. The first-order valence-electron chi connectivity index (χ1n) is 9.02. The van der Waals surface area contributed by atoms with Gasteiger partial charge in [0.05, 0.1) is 30.3 Å². The number of ether oxygens (including phenoxy) is 1. The van der Waals surface area contributed by atoms with E-state index in [1.165, 1.54) is 0 Å². The Morgan fingerprint density at radius 3 is 2.54 bits per heavy atom. The van der Waals surface area contributed by atoms with Crippen LogP contribution < -0.4 is 0 Å². The summed E-state index contributed by atoms with van der Waals surface area (Å²) in [4.78, 5) is 15.1. The molecular formula is C19H27N3O2. The predicted octanol–water partition coefficient (Wildman–Crippen LogP) is 2.95. The van der Waals surface area contributed by atoms with E-state index < -0.39 is 0 Å². The van der Waals surface area contributed by atoms with E-state index >= 15 is 0 Å². The van der Waals surface area contributed by atoms with Crippen molar-refractivity contribution in [1.82, 2.24) is 14.5 Å². The molecule has 5 heteroatoms. The van der Waals surface area contributed by atoms with Crippen LogP contribution in [-0.2, 0) is 14.9 Å². The van der Waals surface area contributed by atoms with Gasteiger partial charge in [0.1, 0.15) is 0 Å². The Bertz CT molecular complexity index is 712. The monoisotopic (exact) mass is 329 g/mol. The molecule has 0 bridgehead atoms. The van der Waals surface area contributed by atoms with Crippen molar-refractivity contribution in [1.29, 1.82) is 0 Å². The molecule has 2 aliphatic rings. The van der Waals surface area contributed by atoms with Gasteiger partial charge in [-0.2, -0.15) is 5.10 Å². The zero-order chi connectivity index (χ0) is 17.2. The number of aryl methyl sites for hydroxylation is 1. The minimum absolute atomic E-state index is 0.269. The molecule has 1 amide bonds. The summed E-state index contributed by atoms with van der Waals surface area (Å²) in [6, 6.07) is 4.20. The average molecular weight is 329 g/mol. The maximum absolute atomic E-state index is 13.1. The van der Waals surface area contributed by atoms with Gasteiger partial charge in [-0.05, 0) is 37.0 Å². The van der Waals surface area contributed by atoms with Crippen LogP contribution in [0.1, 0.15) is 44.2 Å². The third-order valence-corrected chi connectivity index (χ3v) is 5.18. The van der Waals surface area contributed by atoms with Crippen LogP contribution in [0.2, 0.25) is 0 Å². The van der Waals surface area contributed by atoms with Crippen molar-refractivity contribution in [3.63, 3.8) is 0 Å². The van der Waals surface area contributed by atoms with E-state index in [2.05, 4.69) is 24.2 Å². The van der Waals surface area contributed by atoms with Gasteiger partial charge in [-0.15, -0.1) is 0 Å². The Morgan fingerprint density at radius 1 is 1.21 bits per heavy atom. The fourth-order valence-corrected chi connectivity index (χ4v) is 3.62. The molecule has 0 spiro atoms. The van der Waals surface area contributed by atoms with Gasteiger partial charge in [0.2, 0.25) is 5.91 Å². The molecule has 0 atom stereocenters. The lowest BCUT2D eigenvalue weighted by Gasteiger charge is -2.44. The van der Waals surface area contributed by atoms with Gasteiger partial charge in [-0.1, -0.05) is 26.3 Å². The Labute approximate surface area is 143 Å². The quantitative estimate of drug-likeness (QED) is 0.851. The predicted molar refractivity (Wildman–Crippen MR) is 94.2 cm³/mol. The highest BCUT2D eigenvalue weighted by Crippen LogP contribution is 2.45. The standard InChI is InChI=1S/C17H21N3O2.C2H6/c1-13-11-18-20-12-14(3-4-15(13)20)17(5-2-6-17)16(21)19-7-9-22-10-8-19;1-2/h3-4,11-12H,2,5-10H2,1H3;1-2H3. The summed E-state index contributed by atoms with van der Waals surface area (Å²) in [7, 11) is 0. The first-order valence-corrected chi connectivity index (χ1v) is 9.02. The molecule has 24 heavy (non-hydrogen) atoms. The molecule has 0 radical (unpaired) electrons. The summed E-state index contributed by atoms with van der Waals surface area (Å²) >= 11 is 0. The van der Waals surface area contributed by atoms with Gasteiger partial charge in [0, 0.05) is 19.3 Å². The Morgan fingerprint density at radius 2 is 1.92 bits per heavy atom. The summed E-state index contributed by atoms with van der Waals surface area (Å²) in [5, 5.41) is 4.39. The van der Waals surface area contributed by atoms with Crippen LogP contribution in [0.25, 0.3) is 5.52 Å². The van der Waals surface area contributed by atoms with Gasteiger partial charge >= 0.3 is 0 Å². The number of carbonyl (C=O) groups excluding carboxylic acids is 1. The minimum Gasteiger partial charge on any atom is -0.378 e. The van der Waals surface area contributed by atoms with Gasteiger partial charge in [-0.3, -0.25) is 4.79 Å². The molecule has 1 saturated carbocycles. The van der Waals surface area contributed by atoms with Crippen molar-refractivity contribution in [3.8, 4) is 0 Å². The molecule has 1 aliphatic carbocycles. The minimum atomic E-state index is -0.342. The van der Waals surface area contributed by atoms with E-state index in [9.17, 15) is 4.79 Å². The number of hydrogen-bond donors (Lipinski definition) is 0. The molecule has 3 heterocycles. The number of rotatable bonds is 2. The number of amides is 1. The number of nitrogens with zero attached hydrogens (tertiary/aromatic N) is 3. The molecule has 130 valence electrons. The number of fused-ring (bicyclic) bond motifs is 1. The lowest BCUT2D eigenvalue weighted by atomic mass is 9.64. The van der Waals surface area contributed by atoms with Crippen molar-refractivity contribution < 1.29 is 9.53 Å². The van der Waals surface area contributed by atoms with Crippen LogP contribution in [0.15, 0.2) is 24.5 Å². The van der Waals surface area contributed by atoms with E-state index in [-0.39, 0.29) is 11.3 Å². The second kappa shape index (κ2) is 6.93. The fraction of sp³-hybridized carbons (Fsp3) is 0.579. The Kier molecular flexibility index (Phi) is 4.90. The zero-order valence-electron chi connectivity index (χ0n) is 14.9. The molecule has 4 rings (SSSR count). The molecule has 2 aromatic heterocycles. The topological polar surface area (TPSA) is 46.8 Å². The van der Waals surface area contributed by atoms with Gasteiger partial charge in [-0.25, -0.2) is 4.52 Å². The third-order valence-electron chi connectivity index (χ3n) is 5.18. The normalized spacial score (nSPS) is 19.4. The van der Waals surface area contributed by atoms with Gasteiger partial charge in [0.25, 0.3) is 0 Å². The maximum atomic E-state index is 13.1. The van der Waals surface area contributed by atoms with E-state index in [0.29, 0.717) is 26.3 Å². The second-order valence-electron chi connectivity index (χ2n) is 6.42. The first-order chi connectivity index (χ1) is 11.7. The maximum Gasteiger partial charge on any atom is 0.233 e. The van der Waals surface area contributed by atoms with E-state index in [1.54, 1.807) is 0 Å². The second-order valence-corrected chi connectivity index (χ2v) is 6.42. The van der Waals surface area contributed by atoms with Crippen LogP contribution >= 0.6 is 0 Å². The summed E-state index contributed by atoms with van der Waals surface area (Å²) in [5.41, 5.74) is 3.03. The fourth-order valence-electron chi connectivity index (χ4n) is 3.62. The Balaban J connectivity index is 0.000000815. The lowest BCUT2D eigenvalue weighted by molar-refractivity contribution is -0.145. The highest BCUT2D eigenvalue weighted by atomic mass is 16.5. The number of hydrogen-bond acceptors (Lipinski definition) is 3. The SMILES string of the molecule is CC.Cc1cnn2cc(C3(C(=O)N4CCOCC4)CCC3)ccc12. The Hall–Kier alpha value is -1.88. The summed E-state index contributed by atoms with van der Waals surface area (Å²) in [5.74, 6) is 0.269. The van der Waals surface area contributed by atoms with Gasteiger partial charge < -0.3 is 9.64 Å². The summed E-state index contributed by atoms with van der Waals surface area (Å²) < 4.78 is 7.27. The highest BCUT2D eigenvalue weighted by molar-refractivity contribution is 5.89. The number of aromatic nitrogens is 2. The van der Waals surface area contributed by atoms with Crippen LogP contribution in [-0.4, -0.2) is 46.7 Å². The van der Waals surface area contributed by atoms with E-state index in [0.717, 1.165) is 35.9 Å².